The fraction of sp³-hybridized carbons (Fsp3) is 0.600. The lowest BCUT2D eigenvalue weighted by Crippen LogP contribution is -2.45. The summed E-state index contributed by atoms with van der Waals surface area (Å²) in [5.74, 6) is -0.378. The van der Waals surface area contributed by atoms with Gasteiger partial charge in [0, 0.05) is 13.0 Å². The highest BCUT2D eigenvalue weighted by atomic mass is 16.2. The Kier molecular flexibility index (Phi) is 7.29. The number of rotatable bonds is 9. The molecule has 1 unspecified atom stereocenters. The molecule has 1 heterocycles. The van der Waals surface area contributed by atoms with Crippen molar-refractivity contribution >= 4 is 11.8 Å². The van der Waals surface area contributed by atoms with Gasteiger partial charge in [-0.1, -0.05) is 69.7 Å². The molecule has 0 radical (unpaired) electrons. The molecular formula is C20H30N2O2. The van der Waals surface area contributed by atoms with Crippen LogP contribution in [0.25, 0.3) is 0 Å². The Bertz CT molecular complexity index is 556. The number of hydrogen-bond donors (Lipinski definition) is 1. The second-order valence-corrected chi connectivity index (χ2v) is 6.71. The van der Waals surface area contributed by atoms with Crippen LogP contribution in [0, 0.1) is 0 Å². The van der Waals surface area contributed by atoms with Gasteiger partial charge in [0.2, 0.25) is 11.8 Å². The molecule has 0 fully saturated rings. The van der Waals surface area contributed by atoms with Crippen molar-refractivity contribution in [1.82, 2.24) is 4.90 Å². The minimum atomic E-state index is -0.605. The summed E-state index contributed by atoms with van der Waals surface area (Å²) in [5, 5.41) is 0. The lowest BCUT2D eigenvalue weighted by molar-refractivity contribution is -0.140. The smallest absolute Gasteiger partial charge is 0.244 e. The fourth-order valence-corrected chi connectivity index (χ4v) is 3.52. The Morgan fingerprint density at radius 2 is 1.75 bits per heavy atom. The number of nitrogens with zero attached hydrogens (tertiary/aromatic N) is 1. The van der Waals surface area contributed by atoms with Crippen molar-refractivity contribution in [2.24, 2.45) is 5.73 Å². The second-order valence-electron chi connectivity index (χ2n) is 6.71. The molecule has 1 aliphatic rings. The highest BCUT2D eigenvalue weighted by molar-refractivity contribution is 5.88. The van der Waals surface area contributed by atoms with E-state index in [9.17, 15) is 9.59 Å². The molecule has 1 aromatic rings. The monoisotopic (exact) mass is 330 g/mol. The van der Waals surface area contributed by atoms with Gasteiger partial charge >= 0.3 is 0 Å². The predicted octanol–water partition coefficient (Wildman–Crippen LogP) is 3.74. The van der Waals surface area contributed by atoms with Gasteiger partial charge in [0.15, 0.2) is 0 Å². The van der Waals surface area contributed by atoms with E-state index in [0.29, 0.717) is 13.0 Å². The molecule has 0 aromatic heterocycles. The first kappa shape index (κ1) is 18.5. The Morgan fingerprint density at radius 3 is 2.46 bits per heavy atom. The molecule has 24 heavy (non-hydrogen) atoms. The van der Waals surface area contributed by atoms with Crippen molar-refractivity contribution in [2.75, 3.05) is 6.54 Å². The standard InChI is InChI=1S/C20H30N2O2/c1-2-3-4-5-6-7-8-13-18(23)22-15-14-16-11-9-10-12-17(16)19(22)20(21)24/h9-12,19H,2-8,13-15H2,1H3,(H2,21,24). The minimum absolute atomic E-state index is 0.0573. The molecule has 0 spiro atoms. The Morgan fingerprint density at radius 1 is 1.08 bits per heavy atom. The van der Waals surface area contributed by atoms with E-state index in [-0.39, 0.29) is 5.91 Å². The SMILES string of the molecule is CCCCCCCCCC(=O)N1CCc2ccccc2C1C(N)=O. The van der Waals surface area contributed by atoms with Crippen LogP contribution in [0.3, 0.4) is 0 Å². The summed E-state index contributed by atoms with van der Waals surface area (Å²) < 4.78 is 0. The lowest BCUT2D eigenvalue weighted by Gasteiger charge is -2.35. The lowest BCUT2D eigenvalue weighted by atomic mass is 9.91. The van der Waals surface area contributed by atoms with Gasteiger partial charge in [0.1, 0.15) is 6.04 Å². The molecular weight excluding hydrogens is 300 g/mol. The minimum Gasteiger partial charge on any atom is -0.368 e. The molecule has 0 bridgehead atoms. The normalized spacial score (nSPS) is 16.7. The van der Waals surface area contributed by atoms with Gasteiger partial charge in [-0.3, -0.25) is 9.59 Å². The van der Waals surface area contributed by atoms with E-state index in [1.54, 1.807) is 4.90 Å². The van der Waals surface area contributed by atoms with Crippen molar-refractivity contribution in [3.63, 3.8) is 0 Å². The van der Waals surface area contributed by atoms with Crippen LogP contribution in [0.15, 0.2) is 24.3 Å². The van der Waals surface area contributed by atoms with E-state index < -0.39 is 11.9 Å². The Balaban J connectivity index is 1.86. The summed E-state index contributed by atoms with van der Waals surface area (Å²) in [6.45, 7) is 2.80. The summed E-state index contributed by atoms with van der Waals surface area (Å²) in [6, 6.07) is 7.19. The van der Waals surface area contributed by atoms with Crippen molar-refractivity contribution in [2.45, 2.75) is 70.8 Å². The first-order chi connectivity index (χ1) is 11.6. The number of carbonyl (C=O) groups excluding carboxylic acids is 2. The third kappa shape index (κ3) is 4.83. The summed E-state index contributed by atoms with van der Waals surface area (Å²) >= 11 is 0. The zero-order chi connectivity index (χ0) is 17.4. The van der Waals surface area contributed by atoms with Gasteiger partial charge in [-0.15, -0.1) is 0 Å². The van der Waals surface area contributed by atoms with Crippen LogP contribution in [0.1, 0.15) is 75.5 Å². The molecule has 0 saturated carbocycles. The molecule has 2 amide bonds. The molecule has 1 aliphatic heterocycles. The van der Waals surface area contributed by atoms with Crippen LogP contribution in [-0.2, 0) is 16.0 Å². The summed E-state index contributed by atoms with van der Waals surface area (Å²) in [5.41, 5.74) is 7.62. The number of unbranched alkanes of at least 4 members (excludes halogenated alkanes) is 6. The molecule has 2 N–H and O–H groups in total. The van der Waals surface area contributed by atoms with E-state index >= 15 is 0 Å². The zero-order valence-corrected chi connectivity index (χ0v) is 14.8. The molecule has 0 saturated heterocycles. The number of fused-ring (bicyclic) bond motifs is 1. The highest BCUT2D eigenvalue weighted by Gasteiger charge is 2.33. The van der Waals surface area contributed by atoms with Crippen LogP contribution < -0.4 is 5.73 Å². The van der Waals surface area contributed by atoms with Crippen LogP contribution >= 0.6 is 0 Å². The average Bonchev–Trinajstić information content (AvgIpc) is 2.59. The van der Waals surface area contributed by atoms with Crippen molar-refractivity contribution in [1.29, 1.82) is 0 Å². The Labute approximate surface area is 145 Å². The van der Waals surface area contributed by atoms with E-state index in [4.69, 9.17) is 5.73 Å². The quantitative estimate of drug-likeness (QED) is 0.701. The number of hydrogen-bond acceptors (Lipinski definition) is 2. The molecule has 4 heteroatoms. The van der Waals surface area contributed by atoms with Gasteiger partial charge in [0.05, 0.1) is 0 Å². The van der Waals surface area contributed by atoms with Gasteiger partial charge in [0.25, 0.3) is 0 Å². The summed E-state index contributed by atoms with van der Waals surface area (Å²) in [6.07, 6.45) is 9.57. The van der Waals surface area contributed by atoms with Gasteiger partial charge in [-0.25, -0.2) is 0 Å². The van der Waals surface area contributed by atoms with E-state index in [1.165, 1.54) is 32.1 Å². The molecule has 1 atom stereocenters. The van der Waals surface area contributed by atoms with Crippen LogP contribution in [-0.4, -0.2) is 23.3 Å². The van der Waals surface area contributed by atoms with Crippen LogP contribution in [0.2, 0.25) is 0 Å². The van der Waals surface area contributed by atoms with Crippen molar-refractivity contribution in [3.05, 3.63) is 35.4 Å². The summed E-state index contributed by atoms with van der Waals surface area (Å²) in [4.78, 5) is 26.2. The molecule has 132 valence electrons. The van der Waals surface area contributed by atoms with Crippen LogP contribution in [0.4, 0.5) is 0 Å². The topological polar surface area (TPSA) is 63.4 Å². The van der Waals surface area contributed by atoms with Gasteiger partial charge < -0.3 is 10.6 Å². The molecule has 1 aromatic carbocycles. The second kappa shape index (κ2) is 9.45. The van der Waals surface area contributed by atoms with Gasteiger partial charge in [-0.2, -0.15) is 0 Å². The van der Waals surface area contributed by atoms with Gasteiger partial charge in [-0.05, 0) is 24.0 Å². The third-order valence-electron chi connectivity index (χ3n) is 4.87. The van der Waals surface area contributed by atoms with Crippen molar-refractivity contribution < 1.29 is 9.59 Å². The molecule has 0 aliphatic carbocycles. The van der Waals surface area contributed by atoms with E-state index in [0.717, 1.165) is 30.4 Å². The first-order valence-corrected chi connectivity index (χ1v) is 9.31. The first-order valence-electron chi connectivity index (χ1n) is 9.31. The van der Waals surface area contributed by atoms with E-state index in [1.807, 2.05) is 24.3 Å². The molecule has 2 rings (SSSR count). The highest BCUT2D eigenvalue weighted by Crippen LogP contribution is 2.30. The number of carbonyl (C=O) groups is 2. The maximum atomic E-state index is 12.6. The zero-order valence-electron chi connectivity index (χ0n) is 14.8. The van der Waals surface area contributed by atoms with Crippen LogP contribution in [0.5, 0.6) is 0 Å². The molecule has 4 nitrogen and oxygen atoms in total. The largest absolute Gasteiger partial charge is 0.368 e. The maximum absolute atomic E-state index is 12.6. The number of primary amides is 1. The fourth-order valence-electron chi connectivity index (χ4n) is 3.52. The maximum Gasteiger partial charge on any atom is 0.244 e. The number of nitrogens with two attached hydrogens (primary N) is 1. The Hall–Kier alpha value is -1.84. The average molecular weight is 330 g/mol. The number of benzene rings is 1. The number of amides is 2. The predicted molar refractivity (Wildman–Crippen MR) is 96.4 cm³/mol. The summed E-state index contributed by atoms with van der Waals surface area (Å²) in [7, 11) is 0. The van der Waals surface area contributed by atoms with Crippen molar-refractivity contribution in [3.8, 4) is 0 Å². The van der Waals surface area contributed by atoms with E-state index in [2.05, 4.69) is 6.92 Å². The third-order valence-corrected chi connectivity index (χ3v) is 4.87.